The standard InChI is InChI=1S/C16H18ClNO2S/c1-10-6-13(14(17)7-11(10)2)15(19)18-9-16(3,20)12-4-5-21-8-12/h4-8,20H,9H2,1-3H3,(H,18,19). The summed E-state index contributed by atoms with van der Waals surface area (Å²) in [6.07, 6.45) is 0. The number of hydrogen-bond donors (Lipinski definition) is 2. The summed E-state index contributed by atoms with van der Waals surface area (Å²) in [5.74, 6) is -0.279. The van der Waals surface area contributed by atoms with Crippen LogP contribution in [0.1, 0.15) is 34.0 Å². The van der Waals surface area contributed by atoms with Crippen molar-refractivity contribution in [3.63, 3.8) is 0 Å². The van der Waals surface area contributed by atoms with Crippen LogP contribution in [0.15, 0.2) is 29.0 Å². The van der Waals surface area contributed by atoms with Crippen molar-refractivity contribution >= 4 is 28.8 Å². The lowest BCUT2D eigenvalue weighted by atomic mass is 9.99. The minimum Gasteiger partial charge on any atom is -0.384 e. The van der Waals surface area contributed by atoms with Gasteiger partial charge in [-0.2, -0.15) is 11.3 Å². The van der Waals surface area contributed by atoms with E-state index >= 15 is 0 Å². The van der Waals surface area contributed by atoms with E-state index in [1.165, 1.54) is 11.3 Å². The van der Waals surface area contributed by atoms with E-state index in [1.54, 1.807) is 19.1 Å². The molecule has 0 spiro atoms. The molecule has 1 amide bonds. The second-order valence-corrected chi connectivity index (χ2v) is 6.57. The van der Waals surface area contributed by atoms with E-state index in [-0.39, 0.29) is 12.5 Å². The summed E-state index contributed by atoms with van der Waals surface area (Å²) in [6, 6.07) is 5.40. The van der Waals surface area contributed by atoms with Crippen LogP contribution < -0.4 is 5.32 Å². The smallest absolute Gasteiger partial charge is 0.252 e. The van der Waals surface area contributed by atoms with Gasteiger partial charge in [-0.15, -0.1) is 0 Å². The predicted octanol–water partition coefficient (Wildman–Crippen LogP) is 3.66. The summed E-state index contributed by atoms with van der Waals surface area (Å²) in [6.45, 7) is 5.69. The number of hydrogen-bond acceptors (Lipinski definition) is 3. The maximum Gasteiger partial charge on any atom is 0.252 e. The van der Waals surface area contributed by atoms with Crippen molar-refractivity contribution in [3.8, 4) is 0 Å². The fourth-order valence-electron chi connectivity index (χ4n) is 1.98. The zero-order chi connectivity index (χ0) is 15.6. The van der Waals surface area contributed by atoms with Gasteiger partial charge in [-0.05, 0) is 66.4 Å². The van der Waals surface area contributed by atoms with Gasteiger partial charge in [0.25, 0.3) is 5.91 Å². The molecule has 3 nitrogen and oxygen atoms in total. The number of benzene rings is 1. The third kappa shape index (κ3) is 3.64. The Bertz CT molecular complexity index is 651. The molecule has 0 aliphatic carbocycles. The first-order chi connectivity index (χ1) is 9.81. The SMILES string of the molecule is Cc1cc(Cl)c(C(=O)NCC(C)(O)c2ccsc2)cc1C. The highest BCUT2D eigenvalue weighted by molar-refractivity contribution is 7.08. The van der Waals surface area contributed by atoms with Gasteiger partial charge in [0.05, 0.1) is 17.1 Å². The van der Waals surface area contributed by atoms with Crippen molar-refractivity contribution in [1.29, 1.82) is 0 Å². The van der Waals surface area contributed by atoms with E-state index in [4.69, 9.17) is 11.6 Å². The molecule has 0 saturated carbocycles. The normalized spacial score (nSPS) is 13.8. The molecule has 0 bridgehead atoms. The topological polar surface area (TPSA) is 49.3 Å². The molecular weight excluding hydrogens is 306 g/mol. The third-order valence-electron chi connectivity index (χ3n) is 3.56. The lowest BCUT2D eigenvalue weighted by molar-refractivity contribution is 0.0530. The van der Waals surface area contributed by atoms with Crippen LogP contribution in [0.2, 0.25) is 5.02 Å². The van der Waals surface area contributed by atoms with Crippen molar-refractivity contribution in [2.75, 3.05) is 6.54 Å². The van der Waals surface area contributed by atoms with Crippen molar-refractivity contribution in [2.45, 2.75) is 26.4 Å². The maximum atomic E-state index is 12.2. The van der Waals surface area contributed by atoms with Gasteiger partial charge < -0.3 is 10.4 Å². The summed E-state index contributed by atoms with van der Waals surface area (Å²) in [5.41, 5.74) is 2.18. The summed E-state index contributed by atoms with van der Waals surface area (Å²) in [7, 11) is 0. The van der Waals surface area contributed by atoms with Crippen LogP contribution in [0.5, 0.6) is 0 Å². The molecule has 5 heteroatoms. The number of rotatable bonds is 4. The van der Waals surface area contributed by atoms with E-state index in [0.717, 1.165) is 16.7 Å². The summed E-state index contributed by atoms with van der Waals surface area (Å²) in [5, 5.41) is 17.3. The molecule has 2 rings (SSSR count). The predicted molar refractivity (Wildman–Crippen MR) is 87.1 cm³/mol. The molecule has 0 aliphatic rings. The molecule has 0 fully saturated rings. The number of halogens is 1. The highest BCUT2D eigenvalue weighted by atomic mass is 35.5. The molecule has 21 heavy (non-hydrogen) atoms. The highest BCUT2D eigenvalue weighted by Crippen LogP contribution is 2.23. The van der Waals surface area contributed by atoms with Gasteiger partial charge in [-0.1, -0.05) is 11.6 Å². The molecule has 0 radical (unpaired) electrons. The maximum absolute atomic E-state index is 12.2. The van der Waals surface area contributed by atoms with Gasteiger partial charge in [0, 0.05) is 0 Å². The van der Waals surface area contributed by atoms with Gasteiger partial charge in [0.15, 0.2) is 0 Å². The molecule has 2 N–H and O–H groups in total. The molecule has 1 heterocycles. The Kier molecular flexibility index (Phi) is 4.71. The molecule has 2 aromatic rings. The van der Waals surface area contributed by atoms with Crippen LogP contribution in [0, 0.1) is 13.8 Å². The molecule has 112 valence electrons. The fraction of sp³-hybridized carbons (Fsp3) is 0.312. The van der Waals surface area contributed by atoms with Crippen molar-refractivity contribution in [1.82, 2.24) is 5.32 Å². The molecular formula is C16H18ClNO2S. The zero-order valence-electron chi connectivity index (χ0n) is 12.2. The molecule has 1 unspecified atom stereocenters. The Balaban J connectivity index is 2.11. The number of nitrogens with one attached hydrogen (secondary N) is 1. The lowest BCUT2D eigenvalue weighted by Crippen LogP contribution is -2.38. The average molecular weight is 324 g/mol. The van der Waals surface area contributed by atoms with Crippen molar-refractivity contribution in [3.05, 3.63) is 56.2 Å². The van der Waals surface area contributed by atoms with E-state index in [0.29, 0.717) is 10.6 Å². The summed E-state index contributed by atoms with van der Waals surface area (Å²) >= 11 is 7.63. The number of carbonyl (C=O) groups is 1. The van der Waals surface area contributed by atoms with Gasteiger partial charge in [0.2, 0.25) is 0 Å². The van der Waals surface area contributed by atoms with Crippen LogP contribution in [0.4, 0.5) is 0 Å². The van der Waals surface area contributed by atoms with Crippen LogP contribution in [0.25, 0.3) is 0 Å². The Morgan fingerprint density at radius 3 is 2.67 bits per heavy atom. The van der Waals surface area contributed by atoms with E-state index in [1.807, 2.05) is 30.7 Å². The minimum atomic E-state index is -1.10. The first kappa shape index (κ1) is 16.0. The van der Waals surface area contributed by atoms with Gasteiger partial charge >= 0.3 is 0 Å². The highest BCUT2D eigenvalue weighted by Gasteiger charge is 2.25. The molecule has 1 atom stereocenters. The number of amides is 1. The Morgan fingerprint density at radius 1 is 1.38 bits per heavy atom. The number of aryl methyl sites for hydroxylation is 2. The van der Waals surface area contributed by atoms with Crippen LogP contribution >= 0.6 is 22.9 Å². The Hall–Kier alpha value is -1.36. The Labute approximate surface area is 133 Å². The second-order valence-electron chi connectivity index (χ2n) is 5.38. The van der Waals surface area contributed by atoms with Crippen LogP contribution in [-0.2, 0) is 5.60 Å². The average Bonchev–Trinajstić information content (AvgIpc) is 2.95. The summed E-state index contributed by atoms with van der Waals surface area (Å²) < 4.78 is 0. The molecule has 1 aromatic carbocycles. The largest absolute Gasteiger partial charge is 0.384 e. The van der Waals surface area contributed by atoms with Gasteiger partial charge in [-0.3, -0.25) is 4.79 Å². The fourth-order valence-corrected chi connectivity index (χ4v) is 3.06. The van der Waals surface area contributed by atoms with Crippen LogP contribution in [0.3, 0.4) is 0 Å². The lowest BCUT2D eigenvalue weighted by Gasteiger charge is -2.23. The van der Waals surface area contributed by atoms with E-state index in [2.05, 4.69) is 5.32 Å². The zero-order valence-corrected chi connectivity index (χ0v) is 13.8. The van der Waals surface area contributed by atoms with Gasteiger partial charge in [-0.25, -0.2) is 0 Å². The monoisotopic (exact) mass is 323 g/mol. The number of carbonyl (C=O) groups excluding carboxylic acids is 1. The summed E-state index contributed by atoms with van der Waals surface area (Å²) in [4.78, 5) is 12.2. The van der Waals surface area contributed by atoms with Crippen LogP contribution in [-0.4, -0.2) is 17.6 Å². The minimum absolute atomic E-state index is 0.131. The quantitative estimate of drug-likeness (QED) is 0.902. The van der Waals surface area contributed by atoms with Gasteiger partial charge in [0.1, 0.15) is 5.60 Å². The van der Waals surface area contributed by atoms with Crippen molar-refractivity contribution in [2.24, 2.45) is 0 Å². The molecule has 1 aromatic heterocycles. The Morgan fingerprint density at radius 2 is 2.05 bits per heavy atom. The van der Waals surface area contributed by atoms with E-state index in [9.17, 15) is 9.90 Å². The second kappa shape index (κ2) is 6.18. The molecule has 0 aliphatic heterocycles. The first-order valence-electron chi connectivity index (χ1n) is 6.61. The first-order valence-corrected chi connectivity index (χ1v) is 7.93. The number of aliphatic hydroxyl groups is 1. The third-order valence-corrected chi connectivity index (χ3v) is 4.56. The number of thiophene rings is 1. The van der Waals surface area contributed by atoms with Crippen molar-refractivity contribution < 1.29 is 9.90 Å². The van der Waals surface area contributed by atoms with E-state index < -0.39 is 5.60 Å². The molecule has 0 saturated heterocycles.